The molecule has 0 bridgehead atoms. The second-order valence-corrected chi connectivity index (χ2v) is 12.0. The van der Waals surface area contributed by atoms with Crippen LogP contribution in [-0.4, -0.2) is 61.7 Å². The minimum atomic E-state index is -1.48. The van der Waals surface area contributed by atoms with E-state index in [-0.39, 0.29) is 35.4 Å². The van der Waals surface area contributed by atoms with Crippen molar-refractivity contribution in [1.82, 2.24) is 19.4 Å². The summed E-state index contributed by atoms with van der Waals surface area (Å²) in [6.45, 7) is 4.75. The SMILES string of the molecule is CC(=O)Nc1ncc(-c2ccc3c(c2)c(C(C)=O)cn3CC(=O)N(C[C@@H](C)F)[C@@H](C)C(=O)Nc2cccc(-c3ccccc3Cl)c2F)cn1. The summed E-state index contributed by atoms with van der Waals surface area (Å²) in [6, 6.07) is 15.3. The van der Waals surface area contributed by atoms with Crippen LogP contribution < -0.4 is 10.6 Å². The van der Waals surface area contributed by atoms with Gasteiger partial charge in [-0.3, -0.25) is 24.5 Å². The van der Waals surface area contributed by atoms with Crippen LogP contribution in [0.1, 0.15) is 38.1 Å². The zero-order chi connectivity index (χ0) is 35.4. The van der Waals surface area contributed by atoms with Crippen molar-refractivity contribution >= 4 is 57.6 Å². The molecule has 0 aliphatic heterocycles. The molecule has 0 aliphatic carbocycles. The molecule has 0 fully saturated rings. The minimum absolute atomic E-state index is 0.122. The fraction of sp³-hybridized carbons (Fsp3) is 0.222. The molecule has 2 heterocycles. The molecule has 49 heavy (non-hydrogen) atoms. The highest BCUT2D eigenvalue weighted by Gasteiger charge is 2.29. The van der Waals surface area contributed by atoms with Gasteiger partial charge in [-0.15, -0.1) is 0 Å². The number of carbonyl (C=O) groups excluding carboxylic acids is 4. The van der Waals surface area contributed by atoms with E-state index in [9.17, 15) is 23.6 Å². The van der Waals surface area contributed by atoms with Crippen LogP contribution in [0.3, 0.4) is 0 Å². The van der Waals surface area contributed by atoms with Gasteiger partial charge in [0.05, 0.1) is 12.2 Å². The number of ketones is 1. The first-order valence-electron chi connectivity index (χ1n) is 15.4. The number of anilines is 2. The summed E-state index contributed by atoms with van der Waals surface area (Å²) in [7, 11) is 0. The molecule has 0 saturated carbocycles. The molecule has 5 aromatic rings. The van der Waals surface area contributed by atoms with Crippen molar-refractivity contribution in [1.29, 1.82) is 0 Å². The van der Waals surface area contributed by atoms with Crippen molar-refractivity contribution in [2.75, 3.05) is 17.2 Å². The molecule has 0 saturated heterocycles. The molecular weight excluding hydrogens is 654 g/mol. The van der Waals surface area contributed by atoms with Crippen LogP contribution in [0, 0.1) is 5.82 Å². The first kappa shape index (κ1) is 34.8. The second kappa shape index (κ2) is 14.7. The molecule has 2 atom stereocenters. The summed E-state index contributed by atoms with van der Waals surface area (Å²) in [5, 5.41) is 5.94. The number of hydrogen-bond donors (Lipinski definition) is 2. The van der Waals surface area contributed by atoms with Gasteiger partial charge in [0.2, 0.25) is 23.7 Å². The number of nitrogens with zero attached hydrogens (tertiary/aromatic N) is 4. The van der Waals surface area contributed by atoms with Crippen molar-refractivity contribution in [3.05, 3.63) is 95.7 Å². The van der Waals surface area contributed by atoms with Gasteiger partial charge in [-0.25, -0.2) is 18.7 Å². The Morgan fingerprint density at radius 3 is 2.27 bits per heavy atom. The maximum Gasteiger partial charge on any atom is 0.246 e. The summed E-state index contributed by atoms with van der Waals surface area (Å²) < 4.78 is 31.6. The number of nitrogens with one attached hydrogen (secondary N) is 2. The van der Waals surface area contributed by atoms with E-state index >= 15 is 4.39 Å². The predicted molar refractivity (Wildman–Crippen MR) is 184 cm³/mol. The Balaban J connectivity index is 1.39. The molecule has 3 amide bonds. The van der Waals surface area contributed by atoms with Crippen LogP contribution in [0.4, 0.5) is 20.4 Å². The first-order chi connectivity index (χ1) is 23.3. The number of carbonyl (C=O) groups is 4. The van der Waals surface area contributed by atoms with Crippen molar-refractivity contribution < 1.29 is 28.0 Å². The van der Waals surface area contributed by atoms with E-state index in [1.807, 2.05) is 0 Å². The Kier molecular flexibility index (Phi) is 10.5. The molecule has 10 nitrogen and oxygen atoms in total. The third kappa shape index (κ3) is 7.81. The highest BCUT2D eigenvalue weighted by molar-refractivity contribution is 6.33. The van der Waals surface area contributed by atoms with Crippen LogP contribution >= 0.6 is 11.6 Å². The zero-order valence-corrected chi connectivity index (χ0v) is 27.9. The summed E-state index contributed by atoms with van der Waals surface area (Å²) in [4.78, 5) is 60.5. The van der Waals surface area contributed by atoms with Gasteiger partial charge in [-0.05, 0) is 50.6 Å². The number of fused-ring (bicyclic) bond motifs is 1. The fourth-order valence-corrected chi connectivity index (χ4v) is 5.70. The lowest BCUT2D eigenvalue weighted by atomic mass is 10.0. The van der Waals surface area contributed by atoms with Crippen molar-refractivity contribution in [3.63, 3.8) is 0 Å². The van der Waals surface area contributed by atoms with Crippen LogP contribution in [0.5, 0.6) is 0 Å². The van der Waals surface area contributed by atoms with E-state index in [0.717, 1.165) is 4.90 Å². The molecule has 252 valence electrons. The Labute approximate surface area is 286 Å². The van der Waals surface area contributed by atoms with Gasteiger partial charge >= 0.3 is 0 Å². The molecule has 3 aromatic carbocycles. The Morgan fingerprint density at radius 2 is 1.61 bits per heavy atom. The third-order valence-electron chi connectivity index (χ3n) is 7.88. The molecule has 13 heteroatoms. The van der Waals surface area contributed by atoms with E-state index in [4.69, 9.17) is 11.6 Å². The van der Waals surface area contributed by atoms with Crippen LogP contribution in [0.2, 0.25) is 5.02 Å². The summed E-state index contributed by atoms with van der Waals surface area (Å²) in [6.07, 6.45) is 3.14. The average Bonchev–Trinajstić information content (AvgIpc) is 3.42. The molecule has 5 rings (SSSR count). The third-order valence-corrected chi connectivity index (χ3v) is 8.20. The van der Waals surface area contributed by atoms with Gasteiger partial charge in [0, 0.05) is 63.7 Å². The number of benzene rings is 3. The topological polar surface area (TPSA) is 126 Å². The standard InChI is InChI=1S/C36H33ClF2N6O4/c1-20(38)17-45(21(2)35(49)43-31-11-7-9-27(34(31)39)26-8-5-6-10-30(26)37)33(48)19-44-18-29(22(3)46)28-14-24(12-13-32(28)44)25-15-40-36(41-16-25)42-23(4)47/h5-16,18,20-21H,17,19H2,1-4H3,(H,43,49)(H,40,41,42,47)/t20-,21+/m1/s1. The van der Waals surface area contributed by atoms with Gasteiger partial charge < -0.3 is 14.8 Å². The van der Waals surface area contributed by atoms with E-state index in [1.54, 1.807) is 59.3 Å². The van der Waals surface area contributed by atoms with Crippen molar-refractivity contribution in [2.45, 2.75) is 46.5 Å². The van der Waals surface area contributed by atoms with Crippen LogP contribution in [0.15, 0.2) is 79.3 Å². The first-order valence-corrected chi connectivity index (χ1v) is 15.7. The quantitative estimate of drug-likeness (QED) is 0.145. The Hall–Kier alpha value is -5.49. The molecule has 0 radical (unpaired) electrons. The lowest BCUT2D eigenvalue weighted by molar-refractivity contribution is -0.139. The Morgan fingerprint density at radius 1 is 0.918 bits per heavy atom. The van der Waals surface area contributed by atoms with Crippen molar-refractivity contribution in [2.24, 2.45) is 0 Å². The smallest absolute Gasteiger partial charge is 0.246 e. The Bertz CT molecular complexity index is 2060. The highest BCUT2D eigenvalue weighted by Crippen LogP contribution is 2.33. The van der Waals surface area contributed by atoms with Gasteiger partial charge in [-0.1, -0.05) is 48.0 Å². The fourth-order valence-electron chi connectivity index (χ4n) is 5.47. The molecule has 0 spiro atoms. The number of amides is 3. The maximum atomic E-state index is 15.6. The van der Waals surface area contributed by atoms with Gasteiger partial charge in [0.15, 0.2) is 11.6 Å². The molecule has 2 N–H and O–H groups in total. The lowest BCUT2D eigenvalue weighted by Crippen LogP contribution is -2.49. The van der Waals surface area contributed by atoms with Gasteiger partial charge in [-0.2, -0.15) is 0 Å². The number of alkyl halides is 1. The molecule has 2 aromatic heterocycles. The maximum absolute atomic E-state index is 15.6. The van der Waals surface area contributed by atoms with E-state index in [2.05, 4.69) is 20.6 Å². The zero-order valence-electron chi connectivity index (χ0n) is 27.1. The minimum Gasteiger partial charge on any atom is -0.337 e. The molecule has 0 unspecified atom stereocenters. The normalized spacial score (nSPS) is 12.3. The number of halogens is 3. The number of hydrogen-bond acceptors (Lipinski definition) is 6. The van der Waals surface area contributed by atoms with Crippen LogP contribution in [-0.2, 0) is 20.9 Å². The monoisotopic (exact) mass is 686 g/mol. The predicted octanol–water partition coefficient (Wildman–Crippen LogP) is 6.93. The van der Waals surface area contributed by atoms with Crippen LogP contribution in [0.25, 0.3) is 33.2 Å². The van der Waals surface area contributed by atoms with E-state index in [0.29, 0.717) is 38.2 Å². The summed E-state index contributed by atoms with van der Waals surface area (Å²) in [5.41, 5.74) is 2.73. The van der Waals surface area contributed by atoms with Gasteiger partial charge in [0.1, 0.15) is 18.8 Å². The number of Topliss-reactive ketones (excluding diaryl/α,β-unsaturated/α-hetero) is 1. The highest BCUT2D eigenvalue weighted by atomic mass is 35.5. The lowest BCUT2D eigenvalue weighted by Gasteiger charge is -2.29. The number of aromatic nitrogens is 3. The molecular formula is C36H33ClF2N6O4. The van der Waals surface area contributed by atoms with Crippen molar-refractivity contribution in [3.8, 4) is 22.3 Å². The van der Waals surface area contributed by atoms with Gasteiger partial charge in [0.25, 0.3) is 0 Å². The summed E-state index contributed by atoms with van der Waals surface area (Å²) in [5.74, 6) is -2.42. The van der Waals surface area contributed by atoms with E-state index in [1.165, 1.54) is 52.2 Å². The molecule has 0 aliphatic rings. The second-order valence-electron chi connectivity index (χ2n) is 11.6. The summed E-state index contributed by atoms with van der Waals surface area (Å²) >= 11 is 6.27. The van der Waals surface area contributed by atoms with E-state index < -0.39 is 36.4 Å². The largest absolute Gasteiger partial charge is 0.337 e. The average molecular weight is 687 g/mol. The number of rotatable bonds is 11.